The number of aromatic nitrogens is 2. The van der Waals surface area contributed by atoms with Gasteiger partial charge in [0.15, 0.2) is 0 Å². The van der Waals surface area contributed by atoms with E-state index in [1.807, 2.05) is 47.1 Å². The SMILES string of the molecule is N#Cc1ccc(-n2nc(-c3ccccc3)c3c2NCCCC3)cc1. The summed E-state index contributed by atoms with van der Waals surface area (Å²) in [7, 11) is 0. The van der Waals surface area contributed by atoms with Crippen molar-refractivity contribution in [2.45, 2.75) is 19.3 Å². The summed E-state index contributed by atoms with van der Waals surface area (Å²) in [6, 6.07) is 20.1. The third-order valence-corrected chi connectivity index (χ3v) is 4.42. The van der Waals surface area contributed by atoms with E-state index in [-0.39, 0.29) is 0 Å². The number of anilines is 1. The number of hydrogen-bond donors (Lipinski definition) is 1. The number of hydrogen-bond acceptors (Lipinski definition) is 3. The van der Waals surface area contributed by atoms with E-state index in [0.29, 0.717) is 5.56 Å². The van der Waals surface area contributed by atoms with E-state index in [9.17, 15) is 0 Å². The number of nitrogens with one attached hydrogen (secondary N) is 1. The van der Waals surface area contributed by atoms with Crippen molar-refractivity contribution in [3.05, 3.63) is 65.7 Å². The van der Waals surface area contributed by atoms with Crippen LogP contribution in [0.2, 0.25) is 0 Å². The second kappa shape index (κ2) is 6.21. The Kier molecular flexibility index (Phi) is 3.76. The smallest absolute Gasteiger partial charge is 0.133 e. The lowest BCUT2D eigenvalue weighted by atomic mass is 10.0. The van der Waals surface area contributed by atoms with E-state index in [1.54, 1.807) is 0 Å². The monoisotopic (exact) mass is 314 g/mol. The molecular weight excluding hydrogens is 296 g/mol. The zero-order chi connectivity index (χ0) is 16.4. The Morgan fingerprint density at radius 1 is 1.00 bits per heavy atom. The van der Waals surface area contributed by atoms with Crippen molar-refractivity contribution >= 4 is 5.82 Å². The van der Waals surface area contributed by atoms with Gasteiger partial charge in [0.05, 0.1) is 23.0 Å². The molecule has 4 heteroatoms. The van der Waals surface area contributed by atoms with Crippen molar-refractivity contribution in [1.82, 2.24) is 9.78 Å². The van der Waals surface area contributed by atoms with Crippen LogP contribution >= 0.6 is 0 Å². The van der Waals surface area contributed by atoms with Gasteiger partial charge in [-0.05, 0) is 43.5 Å². The largest absolute Gasteiger partial charge is 0.370 e. The summed E-state index contributed by atoms with van der Waals surface area (Å²) in [5, 5.41) is 17.4. The van der Waals surface area contributed by atoms with Crippen molar-refractivity contribution in [2.24, 2.45) is 0 Å². The van der Waals surface area contributed by atoms with E-state index >= 15 is 0 Å². The predicted octanol–water partition coefficient (Wildman–Crippen LogP) is 4.16. The van der Waals surface area contributed by atoms with Gasteiger partial charge in [-0.2, -0.15) is 10.4 Å². The molecule has 0 saturated heterocycles. The summed E-state index contributed by atoms with van der Waals surface area (Å²) in [5.74, 6) is 1.08. The van der Waals surface area contributed by atoms with Crippen LogP contribution in [0.5, 0.6) is 0 Å². The maximum absolute atomic E-state index is 9.00. The van der Waals surface area contributed by atoms with Crippen LogP contribution in [0.3, 0.4) is 0 Å². The van der Waals surface area contributed by atoms with E-state index in [4.69, 9.17) is 10.4 Å². The first-order valence-electron chi connectivity index (χ1n) is 8.28. The van der Waals surface area contributed by atoms with Crippen LogP contribution in [0.4, 0.5) is 5.82 Å². The van der Waals surface area contributed by atoms with Crippen molar-refractivity contribution in [2.75, 3.05) is 11.9 Å². The minimum Gasteiger partial charge on any atom is -0.370 e. The lowest BCUT2D eigenvalue weighted by Crippen LogP contribution is -2.07. The highest BCUT2D eigenvalue weighted by molar-refractivity contribution is 5.71. The number of nitrogens with zero attached hydrogens (tertiary/aromatic N) is 3. The van der Waals surface area contributed by atoms with Crippen LogP contribution < -0.4 is 5.32 Å². The molecule has 0 unspecified atom stereocenters. The fraction of sp³-hybridized carbons (Fsp3) is 0.200. The summed E-state index contributed by atoms with van der Waals surface area (Å²) >= 11 is 0. The van der Waals surface area contributed by atoms with Gasteiger partial charge < -0.3 is 5.32 Å². The summed E-state index contributed by atoms with van der Waals surface area (Å²) in [4.78, 5) is 0. The zero-order valence-corrected chi connectivity index (χ0v) is 13.4. The van der Waals surface area contributed by atoms with E-state index < -0.39 is 0 Å². The predicted molar refractivity (Wildman–Crippen MR) is 95.1 cm³/mol. The molecule has 0 radical (unpaired) electrons. The molecular formula is C20H18N4. The average Bonchev–Trinajstić information content (AvgIpc) is 2.84. The van der Waals surface area contributed by atoms with Crippen LogP contribution in [-0.2, 0) is 6.42 Å². The first kappa shape index (κ1) is 14.5. The lowest BCUT2D eigenvalue weighted by Gasteiger charge is -2.09. The molecule has 1 N–H and O–H groups in total. The third-order valence-electron chi connectivity index (χ3n) is 4.42. The summed E-state index contributed by atoms with van der Waals surface area (Å²) in [6.45, 7) is 0.962. The highest BCUT2D eigenvalue weighted by Gasteiger charge is 2.21. The van der Waals surface area contributed by atoms with Gasteiger partial charge in [0.1, 0.15) is 5.82 Å². The van der Waals surface area contributed by atoms with E-state index in [1.165, 1.54) is 12.0 Å². The van der Waals surface area contributed by atoms with Gasteiger partial charge in [-0.15, -0.1) is 0 Å². The Morgan fingerprint density at radius 2 is 1.79 bits per heavy atom. The molecule has 4 nitrogen and oxygen atoms in total. The van der Waals surface area contributed by atoms with Crippen LogP contribution in [-0.4, -0.2) is 16.3 Å². The lowest BCUT2D eigenvalue weighted by molar-refractivity contribution is 0.780. The summed E-state index contributed by atoms with van der Waals surface area (Å²) in [6.07, 6.45) is 3.36. The van der Waals surface area contributed by atoms with Crippen molar-refractivity contribution in [3.8, 4) is 23.0 Å². The minimum absolute atomic E-state index is 0.660. The molecule has 1 aliphatic rings. The van der Waals surface area contributed by atoms with Gasteiger partial charge in [-0.25, -0.2) is 4.68 Å². The summed E-state index contributed by atoms with van der Waals surface area (Å²) < 4.78 is 1.98. The highest BCUT2D eigenvalue weighted by Crippen LogP contribution is 2.33. The molecule has 1 aliphatic heterocycles. The molecule has 118 valence electrons. The standard InChI is InChI=1S/C20H18N4/c21-14-15-9-11-17(12-10-15)24-20-18(8-4-5-13-22-20)19(23-24)16-6-2-1-3-7-16/h1-3,6-7,9-12,22H,4-5,8,13H2. The molecule has 0 amide bonds. The fourth-order valence-corrected chi connectivity index (χ4v) is 3.19. The zero-order valence-electron chi connectivity index (χ0n) is 13.4. The first-order valence-corrected chi connectivity index (χ1v) is 8.28. The number of benzene rings is 2. The van der Waals surface area contributed by atoms with Crippen molar-refractivity contribution in [1.29, 1.82) is 5.26 Å². The highest BCUT2D eigenvalue weighted by atomic mass is 15.3. The molecule has 0 fully saturated rings. The molecule has 2 aromatic carbocycles. The molecule has 1 aromatic heterocycles. The van der Waals surface area contributed by atoms with Crippen LogP contribution in [0.15, 0.2) is 54.6 Å². The Labute approximate surface area is 141 Å². The average molecular weight is 314 g/mol. The maximum atomic E-state index is 9.00. The molecule has 0 saturated carbocycles. The maximum Gasteiger partial charge on any atom is 0.133 e. The van der Waals surface area contributed by atoms with Crippen LogP contribution in [0, 0.1) is 11.3 Å². The topological polar surface area (TPSA) is 53.6 Å². The molecule has 0 bridgehead atoms. The molecule has 0 atom stereocenters. The fourth-order valence-electron chi connectivity index (χ4n) is 3.19. The Bertz CT molecular complexity index is 886. The van der Waals surface area contributed by atoms with Gasteiger partial charge in [-0.3, -0.25) is 0 Å². The normalized spacial score (nSPS) is 13.5. The Morgan fingerprint density at radius 3 is 2.54 bits per heavy atom. The van der Waals surface area contributed by atoms with Crippen LogP contribution in [0.1, 0.15) is 24.0 Å². The molecule has 0 aliphatic carbocycles. The molecule has 0 spiro atoms. The number of nitriles is 1. The number of fused-ring (bicyclic) bond motifs is 1. The van der Waals surface area contributed by atoms with E-state index in [2.05, 4.69) is 23.5 Å². The Hall–Kier alpha value is -3.06. The summed E-state index contributed by atoms with van der Waals surface area (Å²) in [5.41, 5.74) is 5.10. The second-order valence-electron chi connectivity index (χ2n) is 6.00. The van der Waals surface area contributed by atoms with E-state index in [0.717, 1.165) is 42.1 Å². The van der Waals surface area contributed by atoms with Gasteiger partial charge in [0.2, 0.25) is 0 Å². The van der Waals surface area contributed by atoms with Gasteiger partial charge in [0, 0.05) is 17.7 Å². The van der Waals surface area contributed by atoms with Gasteiger partial charge in [0.25, 0.3) is 0 Å². The van der Waals surface area contributed by atoms with Gasteiger partial charge in [-0.1, -0.05) is 30.3 Å². The quantitative estimate of drug-likeness (QED) is 0.773. The minimum atomic E-state index is 0.660. The first-order chi connectivity index (χ1) is 11.9. The number of rotatable bonds is 2. The van der Waals surface area contributed by atoms with Gasteiger partial charge >= 0.3 is 0 Å². The molecule has 3 aromatic rings. The van der Waals surface area contributed by atoms with Crippen molar-refractivity contribution in [3.63, 3.8) is 0 Å². The second-order valence-corrected chi connectivity index (χ2v) is 6.00. The van der Waals surface area contributed by atoms with Crippen LogP contribution in [0.25, 0.3) is 16.9 Å². The van der Waals surface area contributed by atoms with Crippen molar-refractivity contribution < 1.29 is 0 Å². The molecule has 24 heavy (non-hydrogen) atoms. The Balaban J connectivity index is 1.88. The third kappa shape index (κ3) is 2.55. The molecule has 4 rings (SSSR count). The molecule has 2 heterocycles.